The molecule has 8 nitrogen and oxygen atoms in total. The van der Waals surface area contributed by atoms with Gasteiger partial charge in [-0.2, -0.15) is 0 Å². The zero-order valence-electron chi connectivity index (χ0n) is 18.1. The highest BCUT2D eigenvalue weighted by Crippen LogP contribution is 2.26. The number of hydrogen-bond acceptors (Lipinski definition) is 4. The number of fused-ring (bicyclic) bond motifs is 1. The number of carbonyl (C=O) groups is 2. The first-order valence-corrected chi connectivity index (χ1v) is 10.5. The SMILES string of the molecule is C#Cc1cccc(NC(=O)c2nnn(-c3cccc4c3CCN(C(=O)NCC)C4)c2C)c1. The highest BCUT2D eigenvalue weighted by molar-refractivity contribution is 6.03. The molecule has 0 fully saturated rings. The van der Waals surface area contributed by atoms with Crippen molar-refractivity contribution in [2.45, 2.75) is 26.8 Å². The lowest BCUT2D eigenvalue weighted by atomic mass is 9.98. The highest BCUT2D eigenvalue weighted by Gasteiger charge is 2.25. The van der Waals surface area contributed by atoms with E-state index in [1.54, 1.807) is 33.8 Å². The second-order valence-electron chi connectivity index (χ2n) is 7.54. The molecule has 3 aromatic rings. The molecule has 0 bridgehead atoms. The average molecular weight is 428 g/mol. The predicted molar refractivity (Wildman–Crippen MR) is 122 cm³/mol. The molecular weight excluding hydrogens is 404 g/mol. The summed E-state index contributed by atoms with van der Waals surface area (Å²) in [5.74, 6) is 2.20. The van der Waals surface area contributed by atoms with Gasteiger partial charge in [-0.05, 0) is 55.7 Å². The van der Waals surface area contributed by atoms with E-state index in [1.807, 2.05) is 32.0 Å². The Morgan fingerprint density at radius 3 is 2.81 bits per heavy atom. The van der Waals surface area contributed by atoms with Crippen LogP contribution in [-0.2, 0) is 13.0 Å². The molecule has 0 unspecified atom stereocenters. The van der Waals surface area contributed by atoms with E-state index in [-0.39, 0.29) is 17.6 Å². The number of benzene rings is 2. The number of amides is 3. The maximum atomic E-state index is 12.8. The Morgan fingerprint density at radius 1 is 1.22 bits per heavy atom. The number of nitrogens with zero attached hydrogens (tertiary/aromatic N) is 4. The number of aromatic nitrogens is 3. The van der Waals surface area contributed by atoms with Gasteiger partial charge in [-0.3, -0.25) is 4.79 Å². The van der Waals surface area contributed by atoms with E-state index in [0.29, 0.717) is 43.0 Å². The van der Waals surface area contributed by atoms with Crippen LogP contribution in [0, 0.1) is 19.3 Å². The Morgan fingerprint density at radius 2 is 2.03 bits per heavy atom. The minimum absolute atomic E-state index is 0.0617. The second-order valence-corrected chi connectivity index (χ2v) is 7.54. The first-order valence-electron chi connectivity index (χ1n) is 10.5. The van der Waals surface area contributed by atoms with Crippen LogP contribution in [0.25, 0.3) is 5.69 Å². The summed E-state index contributed by atoms with van der Waals surface area (Å²) < 4.78 is 1.69. The summed E-state index contributed by atoms with van der Waals surface area (Å²) in [5.41, 5.74) is 5.20. The first-order chi connectivity index (χ1) is 15.5. The normalized spacial score (nSPS) is 12.6. The van der Waals surface area contributed by atoms with Crippen LogP contribution in [0.15, 0.2) is 42.5 Å². The van der Waals surface area contributed by atoms with E-state index in [1.165, 1.54) is 0 Å². The van der Waals surface area contributed by atoms with Crippen LogP contribution in [0.5, 0.6) is 0 Å². The Kier molecular flexibility index (Phi) is 5.90. The fraction of sp³-hybridized carbons (Fsp3) is 0.250. The fourth-order valence-electron chi connectivity index (χ4n) is 3.87. The number of rotatable bonds is 4. The number of carbonyl (C=O) groups excluding carboxylic acids is 2. The van der Waals surface area contributed by atoms with Crippen LogP contribution in [0.4, 0.5) is 10.5 Å². The van der Waals surface area contributed by atoms with Crippen LogP contribution in [0.2, 0.25) is 0 Å². The largest absolute Gasteiger partial charge is 0.338 e. The zero-order chi connectivity index (χ0) is 22.7. The Hall–Kier alpha value is -4.12. The van der Waals surface area contributed by atoms with Crippen molar-refractivity contribution in [3.05, 3.63) is 70.5 Å². The minimum atomic E-state index is -0.352. The third-order valence-corrected chi connectivity index (χ3v) is 5.48. The van der Waals surface area contributed by atoms with Crippen LogP contribution < -0.4 is 10.6 Å². The summed E-state index contributed by atoms with van der Waals surface area (Å²) in [6.07, 6.45) is 6.13. The Bertz CT molecular complexity index is 1220. The van der Waals surface area contributed by atoms with E-state index >= 15 is 0 Å². The maximum absolute atomic E-state index is 12.8. The second kappa shape index (κ2) is 8.94. The molecule has 0 radical (unpaired) electrons. The van der Waals surface area contributed by atoms with Gasteiger partial charge < -0.3 is 15.5 Å². The van der Waals surface area contributed by atoms with Crippen LogP contribution in [0.3, 0.4) is 0 Å². The molecule has 0 atom stereocenters. The summed E-state index contributed by atoms with van der Waals surface area (Å²) in [7, 11) is 0. The van der Waals surface area contributed by atoms with Gasteiger partial charge in [0.25, 0.3) is 5.91 Å². The topological polar surface area (TPSA) is 92.2 Å². The van der Waals surface area contributed by atoms with E-state index < -0.39 is 0 Å². The molecule has 2 heterocycles. The molecule has 1 aromatic heterocycles. The highest BCUT2D eigenvalue weighted by atomic mass is 16.2. The maximum Gasteiger partial charge on any atom is 0.317 e. The van der Waals surface area contributed by atoms with Crippen molar-refractivity contribution in [1.29, 1.82) is 0 Å². The van der Waals surface area contributed by atoms with Crippen LogP contribution in [0.1, 0.15) is 39.8 Å². The lowest BCUT2D eigenvalue weighted by Gasteiger charge is -2.30. The third-order valence-electron chi connectivity index (χ3n) is 5.48. The summed E-state index contributed by atoms with van der Waals surface area (Å²) in [6.45, 7) is 5.46. The number of terminal acetylenes is 1. The van der Waals surface area contributed by atoms with Crippen molar-refractivity contribution in [3.63, 3.8) is 0 Å². The summed E-state index contributed by atoms with van der Waals surface area (Å²) in [4.78, 5) is 26.8. The molecule has 1 aliphatic heterocycles. The average Bonchev–Trinajstić information content (AvgIpc) is 3.19. The first kappa shape index (κ1) is 21.1. The molecule has 2 N–H and O–H groups in total. The molecule has 3 amide bonds. The monoisotopic (exact) mass is 428 g/mol. The van der Waals surface area contributed by atoms with Gasteiger partial charge in [0.15, 0.2) is 5.69 Å². The van der Waals surface area contributed by atoms with E-state index in [4.69, 9.17) is 6.42 Å². The van der Waals surface area contributed by atoms with Gasteiger partial charge >= 0.3 is 6.03 Å². The predicted octanol–water partition coefficient (Wildman–Crippen LogP) is 2.90. The molecule has 0 aliphatic carbocycles. The van der Waals surface area contributed by atoms with Gasteiger partial charge in [0, 0.05) is 30.9 Å². The molecule has 0 spiro atoms. The lowest BCUT2D eigenvalue weighted by Crippen LogP contribution is -2.42. The van der Waals surface area contributed by atoms with Crippen molar-refractivity contribution in [1.82, 2.24) is 25.2 Å². The number of urea groups is 1. The molecule has 0 saturated heterocycles. The van der Waals surface area contributed by atoms with Crippen LogP contribution >= 0.6 is 0 Å². The summed E-state index contributed by atoms with van der Waals surface area (Å²) in [6, 6.07) is 12.9. The van der Waals surface area contributed by atoms with Gasteiger partial charge in [0.05, 0.1) is 11.4 Å². The number of hydrogen-bond donors (Lipinski definition) is 2. The standard InChI is InChI=1S/C24H24N6O2/c1-4-17-8-6-10-19(14-17)26-23(31)22-16(3)30(28-27-22)21-11-7-9-18-15-29(13-12-20(18)21)24(32)25-5-2/h1,6-11,14H,5,12-13,15H2,2-3H3,(H,25,32)(H,26,31). The number of anilines is 1. The van der Waals surface area contributed by atoms with Crippen LogP contribution in [-0.4, -0.2) is 44.9 Å². The van der Waals surface area contributed by atoms with Crippen molar-refractivity contribution >= 4 is 17.6 Å². The summed E-state index contributed by atoms with van der Waals surface area (Å²) >= 11 is 0. The Balaban J connectivity index is 1.59. The third kappa shape index (κ3) is 4.05. The van der Waals surface area contributed by atoms with Crippen molar-refractivity contribution in [3.8, 4) is 18.0 Å². The lowest BCUT2D eigenvalue weighted by molar-refractivity contribution is 0.102. The molecule has 32 heavy (non-hydrogen) atoms. The quantitative estimate of drug-likeness (QED) is 0.625. The number of nitrogens with one attached hydrogen (secondary N) is 2. The molecule has 4 rings (SSSR count). The Labute approximate surface area is 186 Å². The van der Waals surface area contributed by atoms with Gasteiger partial charge in [0.1, 0.15) is 0 Å². The molecular formula is C24H24N6O2. The van der Waals surface area contributed by atoms with E-state index in [0.717, 1.165) is 16.8 Å². The summed E-state index contributed by atoms with van der Waals surface area (Å²) in [5, 5.41) is 14.1. The molecule has 1 aliphatic rings. The van der Waals surface area contributed by atoms with Crippen molar-refractivity contribution < 1.29 is 9.59 Å². The van der Waals surface area contributed by atoms with Crippen molar-refractivity contribution in [2.75, 3.05) is 18.4 Å². The van der Waals surface area contributed by atoms with Gasteiger partial charge in [-0.15, -0.1) is 11.5 Å². The van der Waals surface area contributed by atoms with Crippen molar-refractivity contribution in [2.24, 2.45) is 0 Å². The zero-order valence-corrected chi connectivity index (χ0v) is 18.1. The minimum Gasteiger partial charge on any atom is -0.338 e. The molecule has 0 saturated carbocycles. The van der Waals surface area contributed by atoms with E-state index in [2.05, 4.69) is 26.9 Å². The van der Waals surface area contributed by atoms with Gasteiger partial charge in [-0.1, -0.05) is 29.3 Å². The smallest absolute Gasteiger partial charge is 0.317 e. The fourth-order valence-corrected chi connectivity index (χ4v) is 3.87. The molecule has 162 valence electrons. The van der Waals surface area contributed by atoms with Gasteiger partial charge in [0.2, 0.25) is 0 Å². The van der Waals surface area contributed by atoms with E-state index in [9.17, 15) is 9.59 Å². The molecule has 8 heteroatoms. The molecule has 2 aromatic carbocycles. The van der Waals surface area contributed by atoms with Gasteiger partial charge in [-0.25, -0.2) is 9.48 Å².